The first-order valence-electron chi connectivity index (χ1n) is 6.30. The molecule has 0 aliphatic heterocycles. The number of ether oxygens (including phenoxy) is 1. The van der Waals surface area contributed by atoms with Crippen LogP contribution < -0.4 is 16.0 Å². The van der Waals surface area contributed by atoms with Crippen LogP contribution >= 0.6 is 11.6 Å². The molecule has 0 spiro atoms. The maximum atomic E-state index is 11.5. The molecule has 1 rings (SSSR count). The van der Waals surface area contributed by atoms with Gasteiger partial charge in [-0.2, -0.15) is 15.0 Å². The summed E-state index contributed by atoms with van der Waals surface area (Å²) in [4.78, 5) is 23.4. The minimum atomic E-state index is -0.179. The monoisotopic (exact) mass is 302 g/mol. The molecule has 0 saturated heterocycles. The molecule has 0 saturated carbocycles. The van der Waals surface area contributed by atoms with Gasteiger partial charge in [-0.1, -0.05) is 6.92 Å². The Morgan fingerprint density at radius 1 is 1.20 bits per heavy atom. The highest BCUT2D eigenvalue weighted by Crippen LogP contribution is 2.09. The van der Waals surface area contributed by atoms with Gasteiger partial charge in [0, 0.05) is 20.2 Å². The van der Waals surface area contributed by atoms with Crippen molar-refractivity contribution >= 4 is 29.4 Å². The Bertz CT molecular complexity index is 431. The van der Waals surface area contributed by atoms with Gasteiger partial charge >= 0.3 is 0 Å². The number of carbonyl (C=O) groups is 1. The summed E-state index contributed by atoms with van der Waals surface area (Å²) in [6.45, 7) is 3.74. The molecule has 9 heteroatoms. The molecular weight excluding hydrogens is 284 g/mol. The first kappa shape index (κ1) is 16.4. The molecular formula is C11H19ClN6O2. The standard InChI is InChI=1S/C11H19ClN6O2/c1-3-4-14-10-16-9(12)17-11(18-10)15-7-8(19)13-5-6-20-2/h3-7H2,1-2H3,(H,13,19)(H2,14,15,16,17,18). The second-order valence-corrected chi connectivity index (χ2v) is 4.21. The number of nitrogens with one attached hydrogen (secondary N) is 3. The fourth-order valence-electron chi connectivity index (χ4n) is 1.26. The first-order valence-corrected chi connectivity index (χ1v) is 6.68. The normalized spacial score (nSPS) is 10.2. The molecule has 1 heterocycles. The summed E-state index contributed by atoms with van der Waals surface area (Å²) in [5.41, 5.74) is 0. The van der Waals surface area contributed by atoms with Crippen molar-refractivity contribution in [2.24, 2.45) is 0 Å². The van der Waals surface area contributed by atoms with E-state index in [0.29, 0.717) is 19.1 Å². The summed E-state index contributed by atoms with van der Waals surface area (Å²) in [6, 6.07) is 0. The molecule has 0 radical (unpaired) electrons. The zero-order valence-electron chi connectivity index (χ0n) is 11.6. The van der Waals surface area contributed by atoms with Crippen LogP contribution in [0, 0.1) is 0 Å². The molecule has 0 fully saturated rings. The molecule has 0 atom stereocenters. The maximum absolute atomic E-state index is 11.5. The van der Waals surface area contributed by atoms with Crippen LogP contribution in [0.25, 0.3) is 0 Å². The topological polar surface area (TPSA) is 101 Å². The van der Waals surface area contributed by atoms with Crippen LogP contribution in [0.4, 0.5) is 11.9 Å². The van der Waals surface area contributed by atoms with Gasteiger partial charge in [-0.15, -0.1) is 0 Å². The maximum Gasteiger partial charge on any atom is 0.239 e. The van der Waals surface area contributed by atoms with Crippen molar-refractivity contribution in [2.45, 2.75) is 13.3 Å². The van der Waals surface area contributed by atoms with E-state index in [1.54, 1.807) is 7.11 Å². The first-order chi connectivity index (χ1) is 9.65. The van der Waals surface area contributed by atoms with Crippen LogP contribution in [-0.4, -0.2) is 54.2 Å². The molecule has 20 heavy (non-hydrogen) atoms. The minimum absolute atomic E-state index is 0.0529. The molecule has 1 aromatic heterocycles. The van der Waals surface area contributed by atoms with E-state index in [9.17, 15) is 4.79 Å². The van der Waals surface area contributed by atoms with Crippen molar-refractivity contribution in [3.05, 3.63) is 5.28 Å². The number of amides is 1. The second-order valence-electron chi connectivity index (χ2n) is 3.87. The van der Waals surface area contributed by atoms with Gasteiger partial charge in [0.15, 0.2) is 0 Å². The highest BCUT2D eigenvalue weighted by Gasteiger charge is 2.06. The Hall–Kier alpha value is -1.67. The molecule has 0 aliphatic rings. The van der Waals surface area contributed by atoms with E-state index in [1.165, 1.54) is 0 Å². The van der Waals surface area contributed by atoms with Crippen molar-refractivity contribution in [1.29, 1.82) is 0 Å². The van der Waals surface area contributed by atoms with Crippen molar-refractivity contribution in [1.82, 2.24) is 20.3 Å². The van der Waals surface area contributed by atoms with Gasteiger partial charge in [-0.3, -0.25) is 4.79 Å². The summed E-state index contributed by atoms with van der Waals surface area (Å²) >= 11 is 5.79. The van der Waals surface area contributed by atoms with E-state index in [0.717, 1.165) is 13.0 Å². The van der Waals surface area contributed by atoms with E-state index >= 15 is 0 Å². The van der Waals surface area contributed by atoms with Crippen LogP contribution in [-0.2, 0) is 9.53 Å². The number of nitrogens with zero attached hydrogens (tertiary/aromatic N) is 3. The van der Waals surface area contributed by atoms with Gasteiger partial charge in [-0.05, 0) is 18.0 Å². The Morgan fingerprint density at radius 2 is 1.90 bits per heavy atom. The Balaban J connectivity index is 2.46. The van der Waals surface area contributed by atoms with Gasteiger partial charge in [0.1, 0.15) is 0 Å². The van der Waals surface area contributed by atoms with E-state index in [4.69, 9.17) is 16.3 Å². The molecule has 0 unspecified atom stereocenters. The molecule has 112 valence electrons. The molecule has 1 aromatic rings. The minimum Gasteiger partial charge on any atom is -0.383 e. The third kappa shape index (κ3) is 6.48. The summed E-state index contributed by atoms with van der Waals surface area (Å²) in [7, 11) is 1.57. The van der Waals surface area contributed by atoms with Crippen molar-refractivity contribution < 1.29 is 9.53 Å². The molecule has 0 bridgehead atoms. The number of aromatic nitrogens is 3. The second kappa shape index (κ2) is 9.27. The molecule has 1 amide bonds. The third-order valence-corrected chi connectivity index (χ3v) is 2.35. The average Bonchev–Trinajstić information content (AvgIpc) is 2.43. The van der Waals surface area contributed by atoms with Crippen LogP contribution in [0.1, 0.15) is 13.3 Å². The zero-order valence-corrected chi connectivity index (χ0v) is 12.3. The van der Waals surface area contributed by atoms with Gasteiger partial charge < -0.3 is 20.7 Å². The number of hydrogen-bond acceptors (Lipinski definition) is 7. The van der Waals surface area contributed by atoms with Gasteiger partial charge in [0.25, 0.3) is 0 Å². The zero-order chi connectivity index (χ0) is 14.8. The summed E-state index contributed by atoms with van der Waals surface area (Å²) in [5, 5.41) is 8.53. The molecule has 0 aliphatic carbocycles. The number of anilines is 2. The van der Waals surface area contributed by atoms with Gasteiger partial charge in [0.05, 0.1) is 13.2 Å². The highest BCUT2D eigenvalue weighted by molar-refractivity contribution is 6.28. The lowest BCUT2D eigenvalue weighted by Crippen LogP contribution is -2.32. The number of rotatable bonds is 9. The van der Waals surface area contributed by atoms with E-state index in [1.807, 2.05) is 6.92 Å². The van der Waals surface area contributed by atoms with Crippen LogP contribution in [0.15, 0.2) is 0 Å². The summed E-state index contributed by atoms with van der Waals surface area (Å²) in [5.74, 6) is 0.460. The van der Waals surface area contributed by atoms with Crippen LogP contribution in [0.3, 0.4) is 0 Å². The fraction of sp³-hybridized carbons (Fsp3) is 0.636. The van der Waals surface area contributed by atoms with E-state index in [2.05, 4.69) is 30.9 Å². The van der Waals surface area contributed by atoms with Crippen molar-refractivity contribution in [2.75, 3.05) is 44.0 Å². The Labute approximate surface area is 122 Å². The highest BCUT2D eigenvalue weighted by atomic mass is 35.5. The van der Waals surface area contributed by atoms with Gasteiger partial charge in [0.2, 0.25) is 23.1 Å². The van der Waals surface area contributed by atoms with Crippen LogP contribution in [0.2, 0.25) is 5.28 Å². The number of methoxy groups -OCH3 is 1. The smallest absolute Gasteiger partial charge is 0.239 e. The number of halogens is 1. The lowest BCUT2D eigenvalue weighted by Gasteiger charge is -2.08. The Morgan fingerprint density at radius 3 is 2.55 bits per heavy atom. The molecule has 0 aromatic carbocycles. The van der Waals surface area contributed by atoms with E-state index in [-0.39, 0.29) is 23.7 Å². The third-order valence-electron chi connectivity index (χ3n) is 2.18. The number of hydrogen-bond donors (Lipinski definition) is 3. The number of carbonyl (C=O) groups excluding carboxylic acids is 1. The largest absolute Gasteiger partial charge is 0.383 e. The lowest BCUT2D eigenvalue weighted by atomic mass is 10.5. The molecule has 3 N–H and O–H groups in total. The van der Waals surface area contributed by atoms with Gasteiger partial charge in [-0.25, -0.2) is 0 Å². The SMILES string of the molecule is CCCNc1nc(Cl)nc(NCC(=O)NCCOC)n1. The quantitative estimate of drug-likeness (QED) is 0.572. The predicted octanol–water partition coefficient (Wildman–Crippen LogP) is 0.521. The van der Waals surface area contributed by atoms with Crippen LogP contribution in [0.5, 0.6) is 0 Å². The Kier molecular flexibility index (Phi) is 7.59. The van der Waals surface area contributed by atoms with Crippen molar-refractivity contribution in [3.63, 3.8) is 0 Å². The predicted molar refractivity (Wildman–Crippen MR) is 77.0 cm³/mol. The lowest BCUT2D eigenvalue weighted by molar-refractivity contribution is -0.119. The summed E-state index contributed by atoms with van der Waals surface area (Å²) < 4.78 is 4.83. The fourth-order valence-corrected chi connectivity index (χ4v) is 1.42. The molecule has 8 nitrogen and oxygen atoms in total. The van der Waals surface area contributed by atoms with Crippen molar-refractivity contribution in [3.8, 4) is 0 Å². The average molecular weight is 303 g/mol. The summed E-state index contributed by atoms with van der Waals surface area (Å²) in [6.07, 6.45) is 0.938. The van der Waals surface area contributed by atoms with E-state index < -0.39 is 0 Å².